The lowest BCUT2D eigenvalue weighted by molar-refractivity contribution is -0.278. The van der Waals surface area contributed by atoms with Gasteiger partial charge in [0.25, 0.3) is 5.60 Å². The summed E-state index contributed by atoms with van der Waals surface area (Å²) >= 11 is 2.97. The summed E-state index contributed by atoms with van der Waals surface area (Å²) in [5, 5.41) is -1.16. The van der Waals surface area contributed by atoms with Gasteiger partial charge in [0.15, 0.2) is 0 Å². The Morgan fingerprint density at radius 3 is 2.08 bits per heavy atom. The summed E-state index contributed by atoms with van der Waals surface area (Å²) in [5.74, 6) is -1.63. The van der Waals surface area contributed by atoms with Crippen LogP contribution in [0.15, 0.2) is 60.7 Å². The number of rotatable bonds is 6. The first-order chi connectivity index (χ1) is 12.2. The zero-order chi connectivity index (χ0) is 19.4. The van der Waals surface area contributed by atoms with Crippen molar-refractivity contribution in [2.24, 2.45) is 0 Å². The van der Waals surface area contributed by atoms with E-state index in [1.54, 1.807) is 30.3 Å². The van der Waals surface area contributed by atoms with E-state index >= 15 is 0 Å². The Morgan fingerprint density at radius 2 is 1.64 bits per heavy atom. The number of alkyl halides is 4. The highest BCUT2D eigenvalue weighted by Gasteiger charge is 2.64. The summed E-state index contributed by atoms with van der Waals surface area (Å²) in [7, 11) is 0.797. The summed E-state index contributed by atoms with van der Waals surface area (Å²) in [5.41, 5.74) is -3.30. The number of esters is 1. The Kier molecular flexibility index (Phi) is 5.75. The Balaban J connectivity index is 2.47. The van der Waals surface area contributed by atoms with Crippen LogP contribution in [0.25, 0.3) is 0 Å². The van der Waals surface area contributed by atoms with Crippen molar-refractivity contribution in [2.75, 3.05) is 12.4 Å². The fraction of sp³-hybridized carbons (Fsp3) is 0.278. The van der Waals surface area contributed by atoms with Gasteiger partial charge in [-0.25, -0.2) is 4.79 Å². The molecule has 0 bridgehead atoms. The molecule has 0 heterocycles. The highest BCUT2D eigenvalue weighted by Crippen LogP contribution is 2.43. The van der Waals surface area contributed by atoms with E-state index in [0.717, 1.165) is 19.2 Å². The highest BCUT2D eigenvalue weighted by molar-refractivity contribution is 9.09. The molecule has 134 valence electrons. The van der Waals surface area contributed by atoms with Crippen LogP contribution in [0.3, 0.4) is 0 Å². The lowest BCUT2D eigenvalue weighted by atomic mass is 9.92. The first kappa shape index (κ1) is 17.9. The molecule has 2 rings (SSSR count). The predicted molar refractivity (Wildman–Crippen MR) is 90.3 cm³/mol. The second-order valence-electron chi connectivity index (χ2n) is 5.11. The number of ether oxygens (including phenoxy) is 2. The molecule has 0 N–H and O–H groups in total. The summed E-state index contributed by atoms with van der Waals surface area (Å²) in [6.45, 7) is 0. The third-order valence-electron chi connectivity index (χ3n) is 3.65. The van der Waals surface area contributed by atoms with E-state index in [9.17, 15) is 18.0 Å². The number of hydrogen-bond acceptors (Lipinski definition) is 3. The molecule has 1 unspecified atom stereocenters. The van der Waals surface area contributed by atoms with Crippen LogP contribution >= 0.6 is 15.9 Å². The monoisotopic (exact) mass is 417 g/mol. The summed E-state index contributed by atoms with van der Waals surface area (Å²) in [6.07, 6.45) is -6.31. The molecule has 0 aliphatic rings. The molecule has 3 atom stereocenters. The summed E-state index contributed by atoms with van der Waals surface area (Å²) in [4.78, 5) is 12.7. The van der Waals surface area contributed by atoms with E-state index in [2.05, 4.69) is 15.9 Å². The van der Waals surface area contributed by atoms with Crippen molar-refractivity contribution in [3.05, 3.63) is 71.8 Å². The normalized spacial score (nSPS) is 17.1. The zero-order valence-corrected chi connectivity index (χ0v) is 14.8. The quantitative estimate of drug-likeness (QED) is 0.501. The molecule has 2 aromatic carbocycles. The standard InChI is InChI=1S/C18H16BrF3O3/c1-24-17(18(20,21)22,14-10-6-3-7-11-14)16(23)25-15(12-19)13-8-4-2-5-9-13/h2-11,15H,12H2,1H3/t15?,17-/m0/s1/i12D/t12-,15?,17-. The molecule has 25 heavy (non-hydrogen) atoms. The van der Waals surface area contributed by atoms with Gasteiger partial charge in [-0.15, -0.1) is 0 Å². The van der Waals surface area contributed by atoms with Crippen LogP contribution in [-0.4, -0.2) is 24.6 Å². The van der Waals surface area contributed by atoms with Crippen LogP contribution in [0.2, 0.25) is 0 Å². The van der Waals surface area contributed by atoms with E-state index in [1.165, 1.54) is 18.2 Å². The van der Waals surface area contributed by atoms with Crippen LogP contribution in [0, 0.1) is 0 Å². The third kappa shape index (κ3) is 3.88. The van der Waals surface area contributed by atoms with Crippen LogP contribution < -0.4 is 0 Å². The van der Waals surface area contributed by atoms with Crippen molar-refractivity contribution < 1.29 is 28.8 Å². The number of benzene rings is 2. The molecule has 0 aliphatic carbocycles. The molecule has 7 heteroatoms. The maximum atomic E-state index is 13.9. The number of carbonyl (C=O) groups excluding carboxylic acids is 1. The minimum atomic E-state index is -5.06. The molecule has 2 aromatic rings. The van der Waals surface area contributed by atoms with Gasteiger partial charge in [0, 0.05) is 19.4 Å². The van der Waals surface area contributed by atoms with E-state index in [1.807, 2.05) is 0 Å². The molecular weight excluding hydrogens is 401 g/mol. The first-order valence-corrected chi connectivity index (χ1v) is 8.15. The van der Waals surface area contributed by atoms with Crippen molar-refractivity contribution in [2.45, 2.75) is 17.9 Å². The van der Waals surface area contributed by atoms with Gasteiger partial charge in [-0.3, -0.25) is 0 Å². The fourth-order valence-electron chi connectivity index (χ4n) is 2.39. The van der Waals surface area contributed by atoms with Crippen molar-refractivity contribution >= 4 is 21.9 Å². The van der Waals surface area contributed by atoms with Gasteiger partial charge in [0.2, 0.25) is 0 Å². The Morgan fingerprint density at radius 1 is 1.12 bits per heavy atom. The van der Waals surface area contributed by atoms with Gasteiger partial charge in [0.1, 0.15) is 6.10 Å². The first-order valence-electron chi connectivity index (χ1n) is 7.81. The molecular formula is C18H16BrF3O3. The molecule has 0 aromatic heterocycles. The van der Waals surface area contributed by atoms with Crippen molar-refractivity contribution in [1.82, 2.24) is 0 Å². The van der Waals surface area contributed by atoms with Gasteiger partial charge in [-0.2, -0.15) is 13.2 Å². The molecule has 0 saturated carbocycles. The molecule has 0 aliphatic heterocycles. The fourth-order valence-corrected chi connectivity index (χ4v) is 2.81. The maximum Gasteiger partial charge on any atom is 0.432 e. The van der Waals surface area contributed by atoms with Crippen molar-refractivity contribution in [1.29, 1.82) is 0 Å². The zero-order valence-electron chi connectivity index (χ0n) is 14.2. The maximum absolute atomic E-state index is 13.9. The van der Waals surface area contributed by atoms with E-state index in [0.29, 0.717) is 5.56 Å². The molecule has 0 spiro atoms. The molecule has 0 saturated heterocycles. The predicted octanol–water partition coefficient (Wildman–Crippen LogP) is 4.77. The average Bonchev–Trinajstić information content (AvgIpc) is 2.61. The summed E-state index contributed by atoms with van der Waals surface area (Å²) < 4.78 is 59.3. The summed E-state index contributed by atoms with van der Waals surface area (Å²) in [6, 6.07) is 14.6. The number of hydrogen-bond donors (Lipinski definition) is 0. The molecule has 3 nitrogen and oxygen atoms in total. The minimum Gasteiger partial charge on any atom is -0.454 e. The number of halogens is 4. The number of carbonyl (C=O) groups is 1. The second kappa shape index (κ2) is 8.01. The Hall–Kier alpha value is -1.86. The van der Waals surface area contributed by atoms with Gasteiger partial charge < -0.3 is 9.47 Å². The van der Waals surface area contributed by atoms with Gasteiger partial charge >= 0.3 is 12.1 Å². The highest BCUT2D eigenvalue weighted by atomic mass is 79.9. The van der Waals surface area contributed by atoms with Crippen LogP contribution in [0.1, 0.15) is 18.6 Å². The number of methoxy groups -OCH3 is 1. The van der Waals surface area contributed by atoms with E-state index in [4.69, 9.17) is 10.8 Å². The smallest absolute Gasteiger partial charge is 0.432 e. The third-order valence-corrected chi connectivity index (χ3v) is 4.13. The lowest BCUT2D eigenvalue weighted by Gasteiger charge is -2.33. The van der Waals surface area contributed by atoms with E-state index < -0.39 is 34.7 Å². The van der Waals surface area contributed by atoms with Crippen LogP contribution in [0.4, 0.5) is 13.2 Å². The topological polar surface area (TPSA) is 35.5 Å². The minimum absolute atomic E-state index is 0.387. The Bertz CT molecular complexity index is 725. The lowest BCUT2D eigenvalue weighted by Crippen LogP contribution is -2.52. The van der Waals surface area contributed by atoms with Crippen molar-refractivity contribution in [3.63, 3.8) is 0 Å². The Labute approximate surface area is 153 Å². The second-order valence-corrected chi connectivity index (χ2v) is 5.64. The van der Waals surface area contributed by atoms with E-state index in [-0.39, 0.29) is 0 Å². The largest absolute Gasteiger partial charge is 0.454 e. The molecule has 0 fully saturated rings. The van der Waals surface area contributed by atoms with Crippen molar-refractivity contribution in [3.8, 4) is 0 Å². The van der Waals surface area contributed by atoms with Gasteiger partial charge in [0.05, 0.1) is 0 Å². The average molecular weight is 418 g/mol. The van der Waals surface area contributed by atoms with Gasteiger partial charge in [-0.05, 0) is 5.56 Å². The van der Waals surface area contributed by atoms with Crippen LogP contribution in [-0.2, 0) is 19.9 Å². The van der Waals surface area contributed by atoms with Crippen LogP contribution in [0.5, 0.6) is 0 Å². The van der Waals surface area contributed by atoms with Gasteiger partial charge in [-0.1, -0.05) is 76.6 Å². The molecule has 0 radical (unpaired) electrons. The SMILES string of the molecule is [2H][C@H](Br)C(OC(=O)[C@@](OC)(c1ccccc1)C(F)(F)F)c1ccccc1. The molecule has 0 amide bonds.